The maximum absolute atomic E-state index is 5.44. The summed E-state index contributed by atoms with van der Waals surface area (Å²) in [6.07, 6.45) is 14.0. The normalized spacial score (nSPS) is 21.3. The lowest BCUT2D eigenvalue weighted by Crippen LogP contribution is -2.71. The third-order valence-electron chi connectivity index (χ3n) is 5.77. The zero-order valence-corrected chi connectivity index (χ0v) is 14.8. The van der Waals surface area contributed by atoms with Crippen LogP contribution in [-0.2, 0) is 4.74 Å². The molecule has 0 N–H and O–H groups in total. The zero-order valence-electron chi connectivity index (χ0n) is 14.8. The summed E-state index contributed by atoms with van der Waals surface area (Å²) in [6, 6.07) is 0. The molecule has 2 heteroatoms. The zero-order chi connectivity index (χ0) is 15.2. The van der Waals surface area contributed by atoms with E-state index >= 15 is 0 Å². The van der Waals surface area contributed by atoms with Crippen LogP contribution in [0, 0.1) is 5.41 Å². The summed E-state index contributed by atoms with van der Waals surface area (Å²) < 4.78 is 5.44. The molecule has 0 bridgehead atoms. The van der Waals surface area contributed by atoms with E-state index in [2.05, 4.69) is 25.7 Å². The second-order valence-electron chi connectivity index (χ2n) is 7.97. The predicted octanol–water partition coefficient (Wildman–Crippen LogP) is 5.02. The molecule has 124 valence electrons. The summed E-state index contributed by atoms with van der Waals surface area (Å²) in [4.78, 5) is 2.79. The van der Waals surface area contributed by atoms with E-state index in [4.69, 9.17) is 4.74 Å². The van der Waals surface area contributed by atoms with Crippen LogP contribution < -0.4 is 0 Å². The molecule has 0 aliphatic carbocycles. The number of nitrogens with zero attached hydrogens (tertiary/aromatic N) is 1. The van der Waals surface area contributed by atoms with Crippen molar-refractivity contribution in [2.45, 2.75) is 90.5 Å². The Balaban J connectivity index is 1.77. The molecular weight excluding hydrogens is 258 g/mol. The van der Waals surface area contributed by atoms with Gasteiger partial charge >= 0.3 is 0 Å². The molecular formula is C19H37NO. The first-order chi connectivity index (χ1) is 10.1. The maximum Gasteiger partial charge on any atom is 0.0569 e. The van der Waals surface area contributed by atoms with Gasteiger partial charge in [0.05, 0.1) is 13.2 Å². The monoisotopic (exact) mass is 295 g/mol. The molecule has 0 atom stereocenters. The van der Waals surface area contributed by atoms with Gasteiger partial charge in [-0.1, -0.05) is 65.2 Å². The SMILES string of the molecule is CCCCCCC(C)(CCCCCC)N1CC2(COC2)C1. The molecule has 0 aromatic rings. The Bertz CT molecular complexity index is 278. The molecule has 0 saturated carbocycles. The van der Waals surface area contributed by atoms with E-state index in [1.54, 1.807) is 0 Å². The first-order valence-electron chi connectivity index (χ1n) is 9.47. The van der Waals surface area contributed by atoms with Crippen LogP contribution in [0.3, 0.4) is 0 Å². The lowest BCUT2D eigenvalue weighted by molar-refractivity contribution is -0.213. The smallest absolute Gasteiger partial charge is 0.0569 e. The van der Waals surface area contributed by atoms with Crippen molar-refractivity contribution < 1.29 is 4.74 Å². The summed E-state index contributed by atoms with van der Waals surface area (Å²) in [5.74, 6) is 0. The van der Waals surface area contributed by atoms with Gasteiger partial charge in [-0.15, -0.1) is 0 Å². The Kier molecular flexibility index (Phi) is 6.55. The fraction of sp³-hybridized carbons (Fsp3) is 1.00. The third kappa shape index (κ3) is 4.45. The van der Waals surface area contributed by atoms with Crippen LogP contribution in [0.1, 0.15) is 85.0 Å². The van der Waals surface area contributed by atoms with Gasteiger partial charge in [0.1, 0.15) is 0 Å². The molecule has 2 rings (SSSR count). The van der Waals surface area contributed by atoms with Gasteiger partial charge < -0.3 is 4.74 Å². The largest absolute Gasteiger partial charge is 0.380 e. The van der Waals surface area contributed by atoms with Crippen molar-refractivity contribution >= 4 is 0 Å². The van der Waals surface area contributed by atoms with Crippen LogP contribution in [0.5, 0.6) is 0 Å². The molecule has 2 fully saturated rings. The van der Waals surface area contributed by atoms with Crippen molar-refractivity contribution in [2.24, 2.45) is 5.41 Å². The third-order valence-corrected chi connectivity index (χ3v) is 5.77. The topological polar surface area (TPSA) is 12.5 Å². The van der Waals surface area contributed by atoms with E-state index in [1.165, 1.54) is 77.3 Å². The maximum atomic E-state index is 5.44. The van der Waals surface area contributed by atoms with E-state index in [0.717, 1.165) is 13.2 Å². The number of hydrogen-bond acceptors (Lipinski definition) is 2. The molecule has 0 radical (unpaired) electrons. The lowest BCUT2D eigenvalue weighted by Gasteiger charge is -2.61. The fourth-order valence-corrected chi connectivity index (χ4v) is 4.02. The predicted molar refractivity (Wildman–Crippen MR) is 90.7 cm³/mol. The molecule has 2 aliphatic heterocycles. The van der Waals surface area contributed by atoms with E-state index in [-0.39, 0.29) is 0 Å². The van der Waals surface area contributed by atoms with Gasteiger partial charge in [0.25, 0.3) is 0 Å². The molecule has 2 saturated heterocycles. The summed E-state index contributed by atoms with van der Waals surface area (Å²) in [6.45, 7) is 11.8. The van der Waals surface area contributed by atoms with Crippen LogP contribution in [0.4, 0.5) is 0 Å². The molecule has 21 heavy (non-hydrogen) atoms. The number of ether oxygens (including phenoxy) is 1. The second-order valence-corrected chi connectivity index (χ2v) is 7.97. The standard InChI is InChI=1S/C19H37NO/c1-4-6-8-10-12-18(3,13-11-9-7-5-2)20-14-19(15-20)16-21-17-19/h4-17H2,1-3H3. The second kappa shape index (κ2) is 7.97. The molecule has 2 aliphatic rings. The summed E-state index contributed by atoms with van der Waals surface area (Å²) in [5.41, 5.74) is 1.02. The highest BCUT2D eigenvalue weighted by Crippen LogP contribution is 2.44. The Morgan fingerprint density at radius 3 is 1.76 bits per heavy atom. The van der Waals surface area contributed by atoms with Gasteiger partial charge in [0, 0.05) is 24.0 Å². The molecule has 1 spiro atoms. The number of hydrogen-bond donors (Lipinski definition) is 0. The van der Waals surface area contributed by atoms with E-state index < -0.39 is 0 Å². The van der Waals surface area contributed by atoms with Crippen molar-refractivity contribution in [3.63, 3.8) is 0 Å². The molecule has 0 aromatic heterocycles. The Hall–Kier alpha value is -0.0800. The van der Waals surface area contributed by atoms with Crippen molar-refractivity contribution in [3.05, 3.63) is 0 Å². The minimum atomic E-state index is 0.461. The lowest BCUT2D eigenvalue weighted by atomic mass is 9.73. The minimum absolute atomic E-state index is 0.461. The van der Waals surface area contributed by atoms with Crippen LogP contribution in [0.25, 0.3) is 0 Å². The van der Waals surface area contributed by atoms with Crippen LogP contribution in [0.2, 0.25) is 0 Å². The van der Waals surface area contributed by atoms with E-state index in [9.17, 15) is 0 Å². The van der Waals surface area contributed by atoms with Crippen molar-refractivity contribution in [1.82, 2.24) is 4.90 Å². The first kappa shape index (κ1) is 17.3. The van der Waals surface area contributed by atoms with Gasteiger partial charge in [-0.2, -0.15) is 0 Å². The number of likely N-dealkylation sites (tertiary alicyclic amines) is 1. The highest BCUT2D eigenvalue weighted by Gasteiger charge is 2.53. The first-order valence-corrected chi connectivity index (χ1v) is 9.47. The van der Waals surface area contributed by atoms with Crippen molar-refractivity contribution in [3.8, 4) is 0 Å². The molecule has 0 unspecified atom stereocenters. The van der Waals surface area contributed by atoms with Gasteiger partial charge in [0.2, 0.25) is 0 Å². The molecule has 0 amide bonds. The summed E-state index contributed by atoms with van der Waals surface area (Å²) >= 11 is 0. The average molecular weight is 296 g/mol. The van der Waals surface area contributed by atoms with Crippen LogP contribution in [0.15, 0.2) is 0 Å². The van der Waals surface area contributed by atoms with Gasteiger partial charge in [-0.25, -0.2) is 0 Å². The summed E-state index contributed by atoms with van der Waals surface area (Å²) in [5, 5.41) is 0. The van der Waals surface area contributed by atoms with E-state index in [0.29, 0.717) is 11.0 Å². The Morgan fingerprint density at radius 2 is 1.38 bits per heavy atom. The Labute approximate surface area is 132 Å². The van der Waals surface area contributed by atoms with Crippen molar-refractivity contribution in [1.29, 1.82) is 0 Å². The molecule has 0 aromatic carbocycles. The van der Waals surface area contributed by atoms with Gasteiger partial charge in [-0.3, -0.25) is 4.90 Å². The highest BCUT2D eigenvalue weighted by molar-refractivity contribution is 5.05. The highest BCUT2D eigenvalue weighted by atomic mass is 16.5. The number of rotatable bonds is 11. The fourth-order valence-electron chi connectivity index (χ4n) is 4.02. The molecule has 2 heterocycles. The Morgan fingerprint density at radius 1 is 0.857 bits per heavy atom. The molecule has 2 nitrogen and oxygen atoms in total. The van der Waals surface area contributed by atoms with Crippen LogP contribution >= 0.6 is 0 Å². The summed E-state index contributed by atoms with van der Waals surface area (Å²) in [7, 11) is 0. The van der Waals surface area contributed by atoms with Gasteiger partial charge in [-0.05, 0) is 19.8 Å². The average Bonchev–Trinajstić information content (AvgIpc) is 2.37. The van der Waals surface area contributed by atoms with Gasteiger partial charge in [0.15, 0.2) is 0 Å². The quantitative estimate of drug-likeness (QED) is 0.496. The van der Waals surface area contributed by atoms with Crippen molar-refractivity contribution in [2.75, 3.05) is 26.3 Å². The minimum Gasteiger partial charge on any atom is -0.380 e. The van der Waals surface area contributed by atoms with Crippen LogP contribution in [-0.4, -0.2) is 36.7 Å². The van der Waals surface area contributed by atoms with E-state index in [1.807, 2.05) is 0 Å². The number of unbranched alkanes of at least 4 members (excludes halogenated alkanes) is 6.